The minimum atomic E-state index is -0.809. The maximum Gasteiger partial charge on any atom is 0.231 e. The molecule has 1 aliphatic carbocycles. The van der Waals surface area contributed by atoms with Crippen molar-refractivity contribution in [3.63, 3.8) is 0 Å². The molecule has 1 amide bonds. The first-order chi connectivity index (χ1) is 10.6. The van der Waals surface area contributed by atoms with E-state index in [4.69, 9.17) is 0 Å². The van der Waals surface area contributed by atoms with E-state index in [0.29, 0.717) is 24.0 Å². The van der Waals surface area contributed by atoms with Crippen molar-refractivity contribution < 1.29 is 13.6 Å². The van der Waals surface area contributed by atoms with Gasteiger partial charge in [-0.25, -0.2) is 8.78 Å². The Hall–Kier alpha value is -2.23. The maximum absolute atomic E-state index is 14.1. The van der Waals surface area contributed by atoms with Crippen LogP contribution in [0.4, 0.5) is 8.78 Å². The number of rotatable bonds is 4. The van der Waals surface area contributed by atoms with Gasteiger partial charge < -0.3 is 5.32 Å². The molecule has 2 nitrogen and oxygen atoms in total. The predicted molar refractivity (Wildman–Crippen MR) is 80.2 cm³/mol. The van der Waals surface area contributed by atoms with Gasteiger partial charge in [0.15, 0.2) is 0 Å². The van der Waals surface area contributed by atoms with Gasteiger partial charge in [-0.05, 0) is 25.0 Å². The number of nitrogens with one attached hydrogen (secondary N) is 1. The van der Waals surface area contributed by atoms with E-state index < -0.39 is 5.41 Å². The van der Waals surface area contributed by atoms with Crippen LogP contribution >= 0.6 is 0 Å². The van der Waals surface area contributed by atoms with Gasteiger partial charge in [0.1, 0.15) is 11.6 Å². The molecule has 0 heterocycles. The van der Waals surface area contributed by atoms with E-state index in [2.05, 4.69) is 5.32 Å². The standard InChI is InChI=1S/C18H17F2NO/c19-15-8-3-1-6-13(15)12-21-17(22)18(10-5-11-18)14-7-2-4-9-16(14)20/h1-4,6-9H,5,10-12H2,(H,21,22). The number of hydrogen-bond donors (Lipinski definition) is 1. The molecule has 0 aromatic heterocycles. The van der Waals surface area contributed by atoms with Crippen molar-refractivity contribution in [3.8, 4) is 0 Å². The summed E-state index contributed by atoms with van der Waals surface area (Å²) >= 11 is 0. The van der Waals surface area contributed by atoms with Crippen LogP contribution in [-0.4, -0.2) is 5.91 Å². The second-order valence-corrected chi connectivity index (χ2v) is 5.69. The van der Waals surface area contributed by atoms with Crippen LogP contribution in [0.1, 0.15) is 30.4 Å². The van der Waals surface area contributed by atoms with Crippen molar-refractivity contribution in [1.82, 2.24) is 5.32 Å². The molecule has 0 atom stereocenters. The SMILES string of the molecule is O=C(NCc1ccccc1F)C1(c2ccccc2F)CCC1. The van der Waals surface area contributed by atoms with Crippen LogP contribution < -0.4 is 5.32 Å². The third kappa shape index (κ3) is 2.49. The van der Waals surface area contributed by atoms with Crippen LogP contribution in [-0.2, 0) is 16.8 Å². The summed E-state index contributed by atoms with van der Waals surface area (Å²) in [4.78, 5) is 12.6. The fourth-order valence-electron chi connectivity index (χ4n) is 2.98. The molecule has 4 heteroatoms. The molecule has 0 saturated heterocycles. The highest BCUT2D eigenvalue weighted by Gasteiger charge is 2.46. The zero-order valence-electron chi connectivity index (χ0n) is 12.1. The lowest BCUT2D eigenvalue weighted by molar-refractivity contribution is -0.130. The average Bonchev–Trinajstić information content (AvgIpc) is 2.47. The Labute approximate surface area is 128 Å². The zero-order chi connectivity index (χ0) is 15.6. The van der Waals surface area contributed by atoms with Crippen molar-refractivity contribution in [3.05, 3.63) is 71.3 Å². The normalized spacial score (nSPS) is 15.9. The number of benzene rings is 2. The highest BCUT2D eigenvalue weighted by molar-refractivity contribution is 5.89. The fourth-order valence-corrected chi connectivity index (χ4v) is 2.98. The second kappa shape index (κ2) is 5.87. The van der Waals surface area contributed by atoms with Gasteiger partial charge in [0.05, 0.1) is 5.41 Å². The van der Waals surface area contributed by atoms with Gasteiger partial charge in [0.2, 0.25) is 5.91 Å². The van der Waals surface area contributed by atoms with Gasteiger partial charge in [0.25, 0.3) is 0 Å². The summed E-state index contributed by atoms with van der Waals surface area (Å²) < 4.78 is 27.7. The first-order valence-electron chi connectivity index (χ1n) is 7.40. The molecule has 0 spiro atoms. The number of amides is 1. The minimum absolute atomic E-state index is 0.113. The monoisotopic (exact) mass is 301 g/mol. The third-order valence-electron chi connectivity index (χ3n) is 4.43. The fraction of sp³-hybridized carbons (Fsp3) is 0.278. The molecule has 1 aliphatic rings. The van der Waals surface area contributed by atoms with E-state index >= 15 is 0 Å². The third-order valence-corrected chi connectivity index (χ3v) is 4.43. The summed E-state index contributed by atoms with van der Waals surface area (Å²) in [5.41, 5.74) is 0.0579. The Morgan fingerprint density at radius 2 is 1.64 bits per heavy atom. The molecule has 2 aromatic rings. The lowest BCUT2D eigenvalue weighted by Crippen LogP contribution is -2.49. The summed E-state index contributed by atoms with van der Waals surface area (Å²) in [5, 5.41) is 2.76. The molecule has 2 aromatic carbocycles. The van der Waals surface area contributed by atoms with Crippen molar-refractivity contribution in [2.24, 2.45) is 0 Å². The van der Waals surface area contributed by atoms with Crippen LogP contribution in [0.15, 0.2) is 48.5 Å². The molecule has 1 fully saturated rings. The Kier molecular flexibility index (Phi) is 3.92. The lowest BCUT2D eigenvalue weighted by Gasteiger charge is -2.40. The van der Waals surface area contributed by atoms with Gasteiger partial charge in [0, 0.05) is 17.7 Å². The first-order valence-corrected chi connectivity index (χ1v) is 7.40. The molecule has 0 bridgehead atoms. The molecule has 22 heavy (non-hydrogen) atoms. The molecule has 1 saturated carbocycles. The largest absolute Gasteiger partial charge is 0.351 e. The average molecular weight is 301 g/mol. The molecule has 0 aliphatic heterocycles. The Morgan fingerprint density at radius 3 is 2.23 bits per heavy atom. The highest BCUT2D eigenvalue weighted by Crippen LogP contribution is 2.44. The number of halogens is 2. The van der Waals surface area contributed by atoms with Gasteiger partial charge in [-0.1, -0.05) is 42.8 Å². The highest BCUT2D eigenvalue weighted by atomic mass is 19.1. The predicted octanol–water partition coefficient (Wildman–Crippen LogP) is 3.70. The van der Waals surface area contributed by atoms with E-state index in [0.717, 1.165) is 6.42 Å². The Morgan fingerprint density at radius 1 is 1.00 bits per heavy atom. The smallest absolute Gasteiger partial charge is 0.231 e. The van der Waals surface area contributed by atoms with E-state index in [1.165, 1.54) is 12.1 Å². The van der Waals surface area contributed by atoms with Crippen molar-refractivity contribution in [2.75, 3.05) is 0 Å². The van der Waals surface area contributed by atoms with Crippen LogP contribution in [0.2, 0.25) is 0 Å². The first kappa shape index (κ1) is 14.7. The van der Waals surface area contributed by atoms with E-state index in [9.17, 15) is 13.6 Å². The van der Waals surface area contributed by atoms with Crippen molar-refractivity contribution in [1.29, 1.82) is 0 Å². The van der Waals surface area contributed by atoms with E-state index in [1.807, 2.05) is 0 Å². The van der Waals surface area contributed by atoms with E-state index in [-0.39, 0.29) is 24.1 Å². The molecule has 3 rings (SSSR count). The molecular formula is C18H17F2NO. The summed E-state index contributed by atoms with van der Waals surface area (Å²) in [5.74, 6) is -0.938. The van der Waals surface area contributed by atoms with Crippen molar-refractivity contribution in [2.45, 2.75) is 31.2 Å². The quantitative estimate of drug-likeness (QED) is 0.916. The van der Waals surface area contributed by atoms with Crippen LogP contribution in [0.25, 0.3) is 0 Å². The van der Waals surface area contributed by atoms with Gasteiger partial charge in [-0.3, -0.25) is 4.79 Å². The molecule has 114 valence electrons. The van der Waals surface area contributed by atoms with Crippen molar-refractivity contribution >= 4 is 5.91 Å². The number of hydrogen-bond acceptors (Lipinski definition) is 1. The molecule has 0 radical (unpaired) electrons. The number of carbonyl (C=O) groups is 1. The minimum Gasteiger partial charge on any atom is -0.351 e. The summed E-state index contributed by atoms with van der Waals surface area (Å²) in [6.07, 6.45) is 2.13. The molecule has 0 unspecified atom stereocenters. The topological polar surface area (TPSA) is 29.1 Å². The number of carbonyl (C=O) groups excluding carboxylic acids is 1. The van der Waals surface area contributed by atoms with Gasteiger partial charge in [-0.15, -0.1) is 0 Å². The van der Waals surface area contributed by atoms with Gasteiger partial charge in [-0.2, -0.15) is 0 Å². The summed E-state index contributed by atoms with van der Waals surface area (Å²) in [6.45, 7) is 0.113. The second-order valence-electron chi connectivity index (χ2n) is 5.69. The van der Waals surface area contributed by atoms with E-state index in [1.54, 1.807) is 36.4 Å². The van der Waals surface area contributed by atoms with Crippen LogP contribution in [0.5, 0.6) is 0 Å². The lowest BCUT2D eigenvalue weighted by atomic mass is 9.63. The van der Waals surface area contributed by atoms with Gasteiger partial charge >= 0.3 is 0 Å². The Balaban J connectivity index is 1.78. The maximum atomic E-state index is 14.1. The van der Waals surface area contributed by atoms with Crippen LogP contribution in [0.3, 0.4) is 0 Å². The Bertz CT molecular complexity index is 695. The zero-order valence-corrected chi connectivity index (χ0v) is 12.1. The molecule has 1 N–H and O–H groups in total. The summed E-state index contributed by atoms with van der Waals surface area (Å²) in [7, 11) is 0. The summed E-state index contributed by atoms with van der Waals surface area (Å²) in [6, 6.07) is 12.7. The molecular weight excluding hydrogens is 284 g/mol. The van der Waals surface area contributed by atoms with Crippen LogP contribution in [0, 0.1) is 11.6 Å².